The maximum atomic E-state index is 13.0. The third-order valence-corrected chi connectivity index (χ3v) is 3.01. The molecule has 0 saturated heterocycles. The molecule has 0 atom stereocenters. The van der Waals surface area contributed by atoms with Crippen LogP contribution in [0.25, 0.3) is 0 Å². The monoisotopic (exact) mass is 346 g/mol. The van der Waals surface area contributed by atoms with E-state index < -0.39 is 23.6 Å². The van der Waals surface area contributed by atoms with E-state index in [1.807, 2.05) is 0 Å². The molecule has 2 aromatic rings. The van der Waals surface area contributed by atoms with Crippen LogP contribution in [0, 0.1) is 12.7 Å². The molecule has 0 unspecified atom stereocenters. The van der Waals surface area contributed by atoms with E-state index in [9.17, 15) is 22.4 Å². The number of aromatic nitrogens is 2. The Bertz CT molecular complexity index is 715. The van der Waals surface area contributed by atoms with Crippen molar-refractivity contribution in [3.05, 3.63) is 46.9 Å². The summed E-state index contributed by atoms with van der Waals surface area (Å²) in [4.78, 5) is 15.5. The predicted molar refractivity (Wildman–Crippen MR) is 74.4 cm³/mol. The maximum Gasteiger partial charge on any atom is 0.416 e. The van der Waals surface area contributed by atoms with Gasteiger partial charge in [0.1, 0.15) is 5.82 Å². The first kappa shape index (κ1) is 17.7. The van der Waals surface area contributed by atoms with Crippen LogP contribution < -0.4 is 10.6 Å². The molecule has 0 fully saturated rings. The van der Waals surface area contributed by atoms with Gasteiger partial charge in [0.2, 0.25) is 5.89 Å². The van der Waals surface area contributed by atoms with Crippen LogP contribution in [0.2, 0.25) is 0 Å². The minimum atomic E-state index is -4.70. The SMILES string of the molecule is Cc1noc(CCNC(=O)NCc2ccc(F)cc2C(F)(F)F)n1. The molecule has 0 aliphatic rings. The number of carbonyl (C=O) groups is 1. The molecule has 0 radical (unpaired) electrons. The van der Waals surface area contributed by atoms with Crippen LogP contribution in [-0.4, -0.2) is 22.7 Å². The Kier molecular flexibility index (Phi) is 5.37. The Labute approximate surface area is 134 Å². The van der Waals surface area contributed by atoms with Crippen molar-refractivity contribution in [3.8, 4) is 0 Å². The Balaban J connectivity index is 1.85. The van der Waals surface area contributed by atoms with Crippen LogP contribution in [0.5, 0.6) is 0 Å². The Morgan fingerprint density at radius 3 is 2.67 bits per heavy atom. The number of nitrogens with zero attached hydrogens (tertiary/aromatic N) is 2. The van der Waals surface area contributed by atoms with Crippen molar-refractivity contribution in [2.24, 2.45) is 0 Å². The summed E-state index contributed by atoms with van der Waals surface area (Å²) in [6.07, 6.45) is -4.41. The topological polar surface area (TPSA) is 80.0 Å². The standard InChI is InChI=1S/C14H14F4N4O2/c1-8-21-12(24-22-8)4-5-19-13(23)20-7-9-2-3-10(15)6-11(9)14(16,17)18/h2-3,6H,4-5,7H2,1H3,(H2,19,20,23). The zero-order chi connectivity index (χ0) is 17.7. The lowest BCUT2D eigenvalue weighted by Crippen LogP contribution is -2.36. The summed E-state index contributed by atoms with van der Waals surface area (Å²) in [7, 11) is 0. The largest absolute Gasteiger partial charge is 0.416 e. The quantitative estimate of drug-likeness (QED) is 0.816. The third kappa shape index (κ3) is 4.93. The molecule has 1 heterocycles. The summed E-state index contributed by atoms with van der Waals surface area (Å²) in [6.45, 7) is 1.43. The summed E-state index contributed by atoms with van der Waals surface area (Å²) in [5.41, 5.74) is -1.35. The maximum absolute atomic E-state index is 13.0. The summed E-state index contributed by atoms with van der Waals surface area (Å²) in [5.74, 6) is -0.193. The molecule has 6 nitrogen and oxygen atoms in total. The second-order valence-electron chi connectivity index (χ2n) is 4.89. The van der Waals surface area contributed by atoms with Crippen LogP contribution >= 0.6 is 0 Å². The number of amides is 2. The molecular formula is C14H14F4N4O2. The zero-order valence-corrected chi connectivity index (χ0v) is 12.6. The van der Waals surface area contributed by atoms with Gasteiger partial charge in [0, 0.05) is 19.5 Å². The third-order valence-electron chi connectivity index (χ3n) is 3.01. The Morgan fingerprint density at radius 2 is 2.04 bits per heavy atom. The summed E-state index contributed by atoms with van der Waals surface area (Å²) in [5, 5.41) is 8.31. The number of rotatable bonds is 5. The fourth-order valence-electron chi connectivity index (χ4n) is 1.93. The van der Waals surface area contributed by atoms with Crippen LogP contribution in [0.3, 0.4) is 0 Å². The first-order chi connectivity index (χ1) is 11.3. The molecule has 10 heteroatoms. The Morgan fingerprint density at radius 1 is 1.29 bits per heavy atom. The van der Waals surface area contributed by atoms with Gasteiger partial charge in [0.25, 0.3) is 0 Å². The van der Waals surface area contributed by atoms with E-state index in [0.717, 1.165) is 12.1 Å². The van der Waals surface area contributed by atoms with Crippen molar-refractivity contribution < 1.29 is 26.9 Å². The van der Waals surface area contributed by atoms with E-state index >= 15 is 0 Å². The first-order valence-electron chi connectivity index (χ1n) is 6.92. The van der Waals surface area contributed by atoms with Crippen LogP contribution in [-0.2, 0) is 19.1 Å². The van der Waals surface area contributed by atoms with Gasteiger partial charge in [-0.25, -0.2) is 9.18 Å². The number of urea groups is 1. The fourth-order valence-corrected chi connectivity index (χ4v) is 1.93. The number of carbonyl (C=O) groups excluding carboxylic acids is 1. The van der Waals surface area contributed by atoms with E-state index in [0.29, 0.717) is 24.2 Å². The fraction of sp³-hybridized carbons (Fsp3) is 0.357. The van der Waals surface area contributed by atoms with Crippen molar-refractivity contribution in [2.45, 2.75) is 26.1 Å². The number of alkyl halides is 3. The number of nitrogens with one attached hydrogen (secondary N) is 2. The van der Waals surface area contributed by atoms with Gasteiger partial charge >= 0.3 is 12.2 Å². The van der Waals surface area contributed by atoms with Gasteiger partial charge in [-0.3, -0.25) is 0 Å². The lowest BCUT2D eigenvalue weighted by Gasteiger charge is -2.13. The molecule has 0 aliphatic carbocycles. The molecule has 0 aliphatic heterocycles. The van der Waals surface area contributed by atoms with Crippen molar-refractivity contribution >= 4 is 6.03 Å². The van der Waals surface area contributed by atoms with Gasteiger partial charge < -0.3 is 15.2 Å². The molecule has 24 heavy (non-hydrogen) atoms. The first-order valence-corrected chi connectivity index (χ1v) is 6.92. The lowest BCUT2D eigenvalue weighted by atomic mass is 10.1. The van der Waals surface area contributed by atoms with E-state index in [-0.39, 0.29) is 18.7 Å². The molecule has 0 bridgehead atoms. The highest BCUT2D eigenvalue weighted by Gasteiger charge is 2.33. The van der Waals surface area contributed by atoms with E-state index in [4.69, 9.17) is 4.52 Å². The molecule has 0 saturated carbocycles. The normalized spacial score (nSPS) is 11.4. The molecular weight excluding hydrogens is 332 g/mol. The second-order valence-corrected chi connectivity index (χ2v) is 4.89. The molecule has 2 amide bonds. The second kappa shape index (κ2) is 7.28. The van der Waals surface area contributed by atoms with Gasteiger partial charge in [-0.1, -0.05) is 11.2 Å². The minimum Gasteiger partial charge on any atom is -0.339 e. The molecule has 1 aromatic carbocycles. The molecule has 0 spiro atoms. The van der Waals surface area contributed by atoms with Crippen LogP contribution in [0.4, 0.5) is 22.4 Å². The van der Waals surface area contributed by atoms with E-state index in [2.05, 4.69) is 20.8 Å². The Hall–Kier alpha value is -2.65. The van der Waals surface area contributed by atoms with E-state index in [1.54, 1.807) is 6.92 Å². The lowest BCUT2D eigenvalue weighted by molar-refractivity contribution is -0.138. The van der Waals surface area contributed by atoms with Gasteiger partial charge in [-0.05, 0) is 24.6 Å². The number of hydrogen-bond acceptors (Lipinski definition) is 4. The van der Waals surface area contributed by atoms with Crippen LogP contribution in [0.15, 0.2) is 22.7 Å². The summed E-state index contributed by atoms with van der Waals surface area (Å²) < 4.78 is 56.3. The predicted octanol–water partition coefficient (Wildman–Crippen LogP) is 2.58. The van der Waals surface area contributed by atoms with Crippen molar-refractivity contribution in [1.29, 1.82) is 0 Å². The average Bonchev–Trinajstić information content (AvgIpc) is 2.90. The van der Waals surface area contributed by atoms with Gasteiger partial charge in [-0.15, -0.1) is 0 Å². The smallest absolute Gasteiger partial charge is 0.339 e. The average molecular weight is 346 g/mol. The number of benzene rings is 1. The molecule has 2 N–H and O–H groups in total. The molecule has 130 valence electrons. The van der Waals surface area contributed by atoms with E-state index in [1.165, 1.54) is 0 Å². The van der Waals surface area contributed by atoms with Gasteiger partial charge in [-0.2, -0.15) is 18.2 Å². The highest BCUT2D eigenvalue weighted by atomic mass is 19.4. The van der Waals surface area contributed by atoms with Crippen molar-refractivity contribution in [2.75, 3.05) is 6.54 Å². The number of aryl methyl sites for hydroxylation is 1. The van der Waals surface area contributed by atoms with Gasteiger partial charge in [0.15, 0.2) is 5.82 Å². The summed E-state index contributed by atoms with van der Waals surface area (Å²) in [6, 6.07) is 1.62. The summed E-state index contributed by atoms with van der Waals surface area (Å²) >= 11 is 0. The highest BCUT2D eigenvalue weighted by Crippen LogP contribution is 2.32. The van der Waals surface area contributed by atoms with Gasteiger partial charge in [0.05, 0.1) is 5.56 Å². The highest BCUT2D eigenvalue weighted by molar-refractivity contribution is 5.73. The minimum absolute atomic E-state index is 0.170. The number of halogens is 4. The molecule has 1 aromatic heterocycles. The van der Waals surface area contributed by atoms with Crippen molar-refractivity contribution in [3.63, 3.8) is 0 Å². The van der Waals surface area contributed by atoms with Crippen molar-refractivity contribution in [1.82, 2.24) is 20.8 Å². The zero-order valence-electron chi connectivity index (χ0n) is 12.6. The van der Waals surface area contributed by atoms with Crippen LogP contribution in [0.1, 0.15) is 22.8 Å². The number of hydrogen-bond donors (Lipinski definition) is 2. The molecule has 2 rings (SSSR count).